The van der Waals surface area contributed by atoms with E-state index in [1.165, 1.54) is 24.1 Å². The number of aromatic nitrogens is 4. The third kappa shape index (κ3) is 2.45. The minimum absolute atomic E-state index is 0.0124. The van der Waals surface area contributed by atoms with Gasteiger partial charge in [-0.3, -0.25) is 9.36 Å². The van der Waals surface area contributed by atoms with Gasteiger partial charge in [0.2, 0.25) is 0 Å². The largest absolute Gasteiger partial charge is 0.405 e. The zero-order chi connectivity index (χ0) is 15.0. The predicted octanol–water partition coefficient (Wildman–Crippen LogP) is 0.369. The maximum absolute atomic E-state index is 14.0. The number of carbonyl (C=O) groups excluding carboxylic acids is 1. The highest BCUT2D eigenvalue weighted by molar-refractivity contribution is 5.80. The molecule has 3 atom stereocenters. The van der Waals surface area contributed by atoms with Crippen LogP contribution in [0.3, 0.4) is 0 Å². The van der Waals surface area contributed by atoms with Gasteiger partial charge in [0.1, 0.15) is 12.5 Å². The summed E-state index contributed by atoms with van der Waals surface area (Å²) in [5.41, 5.74) is 0.545. The van der Waals surface area contributed by atoms with Crippen LogP contribution in [0.25, 0.3) is 11.2 Å². The van der Waals surface area contributed by atoms with Crippen LogP contribution in [0.5, 0.6) is 5.88 Å². The van der Waals surface area contributed by atoms with E-state index in [2.05, 4.69) is 15.0 Å². The lowest BCUT2D eigenvalue weighted by Crippen LogP contribution is -2.17. The first-order chi connectivity index (χ1) is 10.1. The van der Waals surface area contributed by atoms with Gasteiger partial charge in [0, 0.05) is 13.3 Å². The number of hydrogen-bond donors (Lipinski definition) is 1. The molecule has 1 aliphatic rings. The van der Waals surface area contributed by atoms with E-state index in [1.807, 2.05) is 0 Å². The van der Waals surface area contributed by atoms with E-state index in [1.54, 1.807) is 0 Å². The van der Waals surface area contributed by atoms with Crippen LogP contribution in [-0.4, -0.2) is 49.5 Å². The summed E-state index contributed by atoms with van der Waals surface area (Å²) in [6.07, 6.45) is -0.118. The Balaban J connectivity index is 1.99. The average molecular weight is 296 g/mol. The molecule has 1 saturated heterocycles. The molecule has 0 amide bonds. The summed E-state index contributed by atoms with van der Waals surface area (Å²) in [4.78, 5) is 22.9. The SMILES string of the molecule is CC(=O)Oc1ncnc2c1ncn2[C@@H]1O[C@H](CO)C[C@@H]1F. The number of hydrogen-bond acceptors (Lipinski definition) is 7. The maximum atomic E-state index is 14.0. The van der Waals surface area contributed by atoms with Crippen LogP contribution in [0.1, 0.15) is 19.6 Å². The molecule has 0 aliphatic carbocycles. The second-order valence-electron chi connectivity index (χ2n) is 4.68. The molecule has 3 heterocycles. The Morgan fingerprint density at radius 2 is 2.38 bits per heavy atom. The zero-order valence-electron chi connectivity index (χ0n) is 11.1. The van der Waals surface area contributed by atoms with E-state index in [0.29, 0.717) is 5.65 Å². The second-order valence-corrected chi connectivity index (χ2v) is 4.68. The fraction of sp³-hybridized carbons (Fsp3) is 0.500. The van der Waals surface area contributed by atoms with Gasteiger partial charge in [-0.15, -0.1) is 0 Å². The Morgan fingerprint density at radius 1 is 1.57 bits per heavy atom. The molecule has 1 aliphatic heterocycles. The molecule has 0 bridgehead atoms. The summed E-state index contributed by atoms with van der Waals surface area (Å²) in [5.74, 6) is -0.524. The number of aliphatic hydroxyl groups excluding tert-OH is 1. The summed E-state index contributed by atoms with van der Waals surface area (Å²) in [7, 11) is 0. The number of esters is 1. The van der Waals surface area contributed by atoms with Crippen molar-refractivity contribution in [2.75, 3.05) is 6.61 Å². The standard InChI is InChI=1S/C12H13FN4O4/c1-6(19)20-11-9-10(14-4-15-11)17(5-16-9)12-8(13)2-7(3-18)21-12/h4-5,7-8,12,18H,2-3H2,1H3/t7-,8-,12+/m0/s1. The third-order valence-corrected chi connectivity index (χ3v) is 3.17. The molecule has 0 radical (unpaired) electrons. The Bertz CT molecular complexity index is 676. The van der Waals surface area contributed by atoms with E-state index in [9.17, 15) is 9.18 Å². The molecule has 0 aromatic carbocycles. The van der Waals surface area contributed by atoms with Crippen LogP contribution in [0.2, 0.25) is 0 Å². The van der Waals surface area contributed by atoms with Gasteiger partial charge in [-0.05, 0) is 0 Å². The number of rotatable bonds is 3. The smallest absolute Gasteiger partial charge is 0.309 e. The molecule has 0 spiro atoms. The van der Waals surface area contributed by atoms with Crippen molar-refractivity contribution < 1.29 is 23.8 Å². The number of halogens is 1. The lowest BCUT2D eigenvalue weighted by Gasteiger charge is -2.15. The first-order valence-corrected chi connectivity index (χ1v) is 6.36. The molecule has 0 unspecified atom stereocenters. The Hall–Kier alpha value is -2.13. The highest BCUT2D eigenvalue weighted by Gasteiger charge is 2.37. The van der Waals surface area contributed by atoms with Crippen molar-refractivity contribution >= 4 is 17.1 Å². The number of ether oxygens (including phenoxy) is 2. The van der Waals surface area contributed by atoms with Crippen molar-refractivity contribution in [3.63, 3.8) is 0 Å². The molecule has 3 rings (SSSR count). The van der Waals surface area contributed by atoms with E-state index >= 15 is 0 Å². The number of aliphatic hydroxyl groups is 1. The quantitative estimate of drug-likeness (QED) is 0.817. The normalized spacial score (nSPS) is 25.4. The molecular weight excluding hydrogens is 283 g/mol. The number of fused-ring (bicyclic) bond motifs is 1. The van der Waals surface area contributed by atoms with Crippen molar-refractivity contribution in [1.29, 1.82) is 0 Å². The summed E-state index contributed by atoms with van der Waals surface area (Å²) in [6.45, 7) is 0.992. The summed E-state index contributed by atoms with van der Waals surface area (Å²) in [6, 6.07) is 0. The molecule has 1 N–H and O–H groups in total. The van der Waals surface area contributed by atoms with Gasteiger partial charge in [-0.25, -0.2) is 14.4 Å². The van der Waals surface area contributed by atoms with Crippen LogP contribution in [-0.2, 0) is 9.53 Å². The van der Waals surface area contributed by atoms with Crippen molar-refractivity contribution in [3.8, 4) is 5.88 Å². The van der Waals surface area contributed by atoms with Gasteiger partial charge in [-0.2, -0.15) is 4.98 Å². The highest BCUT2D eigenvalue weighted by Crippen LogP contribution is 2.33. The van der Waals surface area contributed by atoms with Gasteiger partial charge in [0.05, 0.1) is 19.0 Å². The van der Waals surface area contributed by atoms with E-state index in [0.717, 1.165) is 0 Å². The molecular formula is C12H13FN4O4. The van der Waals surface area contributed by atoms with E-state index in [-0.39, 0.29) is 24.4 Å². The van der Waals surface area contributed by atoms with Gasteiger partial charge in [-0.1, -0.05) is 0 Å². The number of nitrogens with zero attached hydrogens (tertiary/aromatic N) is 4. The Morgan fingerprint density at radius 3 is 3.05 bits per heavy atom. The number of imidazole rings is 1. The van der Waals surface area contributed by atoms with E-state index in [4.69, 9.17) is 14.6 Å². The summed E-state index contributed by atoms with van der Waals surface area (Å²) in [5, 5.41) is 9.06. The number of carbonyl (C=O) groups is 1. The van der Waals surface area contributed by atoms with Crippen molar-refractivity contribution in [2.24, 2.45) is 0 Å². The first-order valence-electron chi connectivity index (χ1n) is 6.36. The topological polar surface area (TPSA) is 99.4 Å². The second kappa shape index (κ2) is 5.34. The fourth-order valence-electron chi connectivity index (χ4n) is 2.29. The lowest BCUT2D eigenvalue weighted by molar-refractivity contribution is -0.132. The zero-order valence-corrected chi connectivity index (χ0v) is 11.1. The average Bonchev–Trinajstić information content (AvgIpc) is 3.02. The van der Waals surface area contributed by atoms with Crippen molar-refractivity contribution in [2.45, 2.75) is 31.8 Å². The molecule has 112 valence electrons. The lowest BCUT2D eigenvalue weighted by atomic mass is 10.2. The first kappa shape index (κ1) is 13.8. The molecule has 21 heavy (non-hydrogen) atoms. The fourth-order valence-corrected chi connectivity index (χ4v) is 2.29. The van der Waals surface area contributed by atoms with E-state index < -0.39 is 24.5 Å². The Labute approximate surface area is 118 Å². The minimum atomic E-state index is -1.29. The molecule has 0 saturated carbocycles. The third-order valence-electron chi connectivity index (χ3n) is 3.17. The van der Waals surface area contributed by atoms with Crippen LogP contribution < -0.4 is 4.74 Å². The van der Waals surface area contributed by atoms with Crippen molar-refractivity contribution in [3.05, 3.63) is 12.7 Å². The predicted molar refractivity (Wildman–Crippen MR) is 67.1 cm³/mol. The van der Waals surface area contributed by atoms with Gasteiger partial charge in [0.15, 0.2) is 17.4 Å². The molecule has 2 aromatic rings. The molecule has 2 aromatic heterocycles. The van der Waals surface area contributed by atoms with Crippen molar-refractivity contribution in [1.82, 2.24) is 19.5 Å². The van der Waals surface area contributed by atoms with Gasteiger partial charge in [0.25, 0.3) is 5.88 Å². The summed E-state index contributed by atoms with van der Waals surface area (Å²) >= 11 is 0. The monoisotopic (exact) mass is 296 g/mol. The van der Waals surface area contributed by atoms with Crippen LogP contribution in [0.4, 0.5) is 4.39 Å². The Kier molecular flexibility index (Phi) is 3.52. The molecule has 8 nitrogen and oxygen atoms in total. The van der Waals surface area contributed by atoms with Crippen LogP contribution in [0, 0.1) is 0 Å². The summed E-state index contributed by atoms with van der Waals surface area (Å²) < 4.78 is 25.8. The van der Waals surface area contributed by atoms with Crippen LogP contribution in [0.15, 0.2) is 12.7 Å². The molecule has 1 fully saturated rings. The maximum Gasteiger partial charge on any atom is 0.309 e. The number of alkyl halides is 1. The van der Waals surface area contributed by atoms with Crippen LogP contribution >= 0.6 is 0 Å². The molecule has 9 heteroatoms. The van der Waals surface area contributed by atoms with Gasteiger partial charge < -0.3 is 14.6 Å². The highest BCUT2D eigenvalue weighted by atomic mass is 19.1. The van der Waals surface area contributed by atoms with Gasteiger partial charge >= 0.3 is 5.97 Å². The minimum Gasteiger partial charge on any atom is -0.405 e.